The van der Waals surface area contributed by atoms with E-state index in [0.29, 0.717) is 6.42 Å². The molecule has 0 aliphatic rings. The fourth-order valence-corrected chi connectivity index (χ4v) is 3.73. The first kappa shape index (κ1) is 17.5. The minimum atomic E-state index is 0.630. The van der Waals surface area contributed by atoms with Gasteiger partial charge in [0.05, 0.1) is 13.1 Å². The molecular formula is C19H26N8+2. The van der Waals surface area contributed by atoms with Crippen LogP contribution in [0.3, 0.4) is 0 Å². The van der Waals surface area contributed by atoms with Gasteiger partial charge in [0.15, 0.2) is 0 Å². The predicted molar refractivity (Wildman–Crippen MR) is 99.5 cm³/mol. The number of fused-ring (bicyclic) bond motifs is 2. The summed E-state index contributed by atoms with van der Waals surface area (Å²) in [7, 11) is 0. The molecule has 0 atom stereocenters. The highest BCUT2D eigenvalue weighted by Gasteiger charge is 2.28. The van der Waals surface area contributed by atoms with Crippen molar-refractivity contribution in [3.63, 3.8) is 0 Å². The molecule has 0 N–H and O–H groups in total. The van der Waals surface area contributed by atoms with Gasteiger partial charge < -0.3 is 0 Å². The maximum atomic E-state index is 4.84. The van der Waals surface area contributed by atoms with Gasteiger partial charge >= 0.3 is 11.6 Å². The van der Waals surface area contributed by atoms with Crippen LogP contribution in [0.1, 0.15) is 48.3 Å². The molecule has 8 heteroatoms. The minimum absolute atomic E-state index is 0.630. The average molecular weight is 366 g/mol. The SMILES string of the molecule is CC[n+]1c(Cc2nn3c(C)cc(C)nc3[n+]2CC)nn2c(C)cc(C)nc21. The summed E-state index contributed by atoms with van der Waals surface area (Å²) in [5.41, 5.74) is 4.16. The maximum absolute atomic E-state index is 4.84. The van der Waals surface area contributed by atoms with E-state index in [1.807, 2.05) is 22.9 Å². The van der Waals surface area contributed by atoms with Gasteiger partial charge in [0, 0.05) is 12.1 Å². The molecule has 4 rings (SSSR count). The van der Waals surface area contributed by atoms with E-state index < -0.39 is 0 Å². The summed E-state index contributed by atoms with van der Waals surface area (Å²) < 4.78 is 8.17. The molecule has 0 aromatic carbocycles. The molecule has 0 amide bonds. The van der Waals surface area contributed by atoms with Crippen molar-refractivity contribution in [3.05, 3.63) is 46.6 Å². The van der Waals surface area contributed by atoms with E-state index in [9.17, 15) is 0 Å². The molecule has 0 fully saturated rings. The molecule has 140 valence electrons. The van der Waals surface area contributed by atoms with Crippen molar-refractivity contribution in [3.8, 4) is 0 Å². The number of rotatable bonds is 4. The Balaban J connectivity index is 1.90. The number of hydrogen-bond donors (Lipinski definition) is 0. The van der Waals surface area contributed by atoms with Crippen LogP contribution in [0, 0.1) is 27.7 Å². The number of hydrogen-bond acceptors (Lipinski definition) is 4. The molecule has 0 bridgehead atoms. The summed E-state index contributed by atoms with van der Waals surface area (Å²) in [6.07, 6.45) is 0.630. The first-order chi connectivity index (χ1) is 12.9. The van der Waals surface area contributed by atoms with Gasteiger partial charge in [0.1, 0.15) is 29.2 Å². The second kappa shape index (κ2) is 6.37. The Hall–Kier alpha value is -2.90. The molecule has 0 saturated carbocycles. The molecule has 4 aromatic heterocycles. The molecular weight excluding hydrogens is 340 g/mol. The molecule has 0 aliphatic carbocycles. The second-order valence-electron chi connectivity index (χ2n) is 7.00. The Labute approximate surface area is 158 Å². The van der Waals surface area contributed by atoms with Gasteiger partial charge in [-0.3, -0.25) is 0 Å². The normalized spacial score (nSPS) is 11.8. The number of aromatic nitrogens is 8. The van der Waals surface area contributed by atoms with Crippen molar-refractivity contribution < 1.29 is 9.13 Å². The van der Waals surface area contributed by atoms with Crippen LogP contribution in [-0.4, -0.2) is 29.2 Å². The van der Waals surface area contributed by atoms with E-state index in [2.05, 4.69) is 49.0 Å². The van der Waals surface area contributed by atoms with Crippen molar-refractivity contribution >= 4 is 11.6 Å². The topological polar surface area (TPSA) is 68.1 Å². The first-order valence-electron chi connectivity index (χ1n) is 9.44. The predicted octanol–water partition coefficient (Wildman–Crippen LogP) is 1.21. The van der Waals surface area contributed by atoms with Crippen LogP contribution in [0.4, 0.5) is 0 Å². The third-order valence-corrected chi connectivity index (χ3v) is 4.92. The van der Waals surface area contributed by atoms with E-state index in [-0.39, 0.29) is 0 Å². The molecule has 27 heavy (non-hydrogen) atoms. The van der Waals surface area contributed by atoms with Crippen LogP contribution in [0.5, 0.6) is 0 Å². The second-order valence-corrected chi connectivity index (χ2v) is 7.00. The highest BCUT2D eigenvalue weighted by Crippen LogP contribution is 2.09. The smallest absolute Gasteiger partial charge is 0.221 e. The van der Waals surface area contributed by atoms with Crippen molar-refractivity contribution in [2.75, 3.05) is 0 Å². The van der Waals surface area contributed by atoms with Crippen molar-refractivity contribution in [2.45, 2.75) is 61.1 Å². The van der Waals surface area contributed by atoms with Crippen molar-refractivity contribution in [1.29, 1.82) is 0 Å². The fourth-order valence-electron chi connectivity index (χ4n) is 3.73. The fraction of sp³-hybridized carbons (Fsp3) is 0.474. The van der Waals surface area contributed by atoms with Crippen LogP contribution in [0.25, 0.3) is 11.6 Å². The molecule has 0 spiro atoms. The third kappa shape index (κ3) is 2.75. The summed E-state index contributed by atoms with van der Waals surface area (Å²) in [5.74, 6) is 3.67. The molecule has 8 nitrogen and oxygen atoms in total. The lowest BCUT2D eigenvalue weighted by Gasteiger charge is -1.98. The van der Waals surface area contributed by atoms with Crippen LogP contribution in [0.2, 0.25) is 0 Å². The van der Waals surface area contributed by atoms with E-state index in [1.165, 1.54) is 0 Å². The zero-order chi connectivity index (χ0) is 19.3. The van der Waals surface area contributed by atoms with Crippen molar-refractivity contribution in [1.82, 2.24) is 29.2 Å². The summed E-state index contributed by atoms with van der Waals surface area (Å²) >= 11 is 0. The zero-order valence-corrected chi connectivity index (χ0v) is 16.9. The van der Waals surface area contributed by atoms with Gasteiger partial charge in [0.2, 0.25) is 0 Å². The van der Waals surface area contributed by atoms with E-state index >= 15 is 0 Å². The van der Waals surface area contributed by atoms with Crippen LogP contribution in [0.15, 0.2) is 12.1 Å². The van der Waals surface area contributed by atoms with Gasteiger partial charge in [-0.2, -0.15) is 0 Å². The molecule has 0 unspecified atom stereocenters. The van der Waals surface area contributed by atoms with E-state index in [1.54, 1.807) is 0 Å². The van der Waals surface area contributed by atoms with Crippen LogP contribution in [-0.2, 0) is 19.5 Å². The van der Waals surface area contributed by atoms with E-state index in [0.717, 1.165) is 59.1 Å². The highest BCUT2D eigenvalue weighted by molar-refractivity contribution is 5.27. The van der Waals surface area contributed by atoms with Gasteiger partial charge in [-0.1, -0.05) is 9.03 Å². The van der Waals surface area contributed by atoms with Gasteiger partial charge in [0.25, 0.3) is 11.6 Å². The molecule has 0 saturated heterocycles. The summed E-state index contributed by atoms with van der Waals surface area (Å²) in [4.78, 5) is 9.40. The Morgan fingerprint density at radius 2 is 1.15 bits per heavy atom. The molecule has 4 heterocycles. The molecule has 0 aliphatic heterocycles. The lowest BCUT2D eigenvalue weighted by atomic mass is 10.3. The highest BCUT2D eigenvalue weighted by atomic mass is 15.4. The monoisotopic (exact) mass is 366 g/mol. The van der Waals surface area contributed by atoms with Crippen LogP contribution < -0.4 is 9.13 Å². The Bertz CT molecular complexity index is 1080. The number of nitrogens with zero attached hydrogens (tertiary/aromatic N) is 8. The standard InChI is InChI=1S/C19H26N8/c1-7-24-16(22-26-14(5)9-12(3)20-18(24)26)11-17-23-27-15(6)10-13(4)21-19(27)25(17)8-2/h9-10H,7-8,11H2,1-6H3/q+2. The zero-order valence-electron chi connectivity index (χ0n) is 16.9. The van der Waals surface area contributed by atoms with Gasteiger partial charge in [-0.25, -0.2) is 9.13 Å². The Morgan fingerprint density at radius 3 is 1.52 bits per heavy atom. The first-order valence-corrected chi connectivity index (χ1v) is 9.44. The maximum Gasteiger partial charge on any atom is 0.387 e. The van der Waals surface area contributed by atoms with E-state index in [4.69, 9.17) is 20.2 Å². The minimum Gasteiger partial charge on any atom is -0.221 e. The summed E-state index contributed by atoms with van der Waals surface area (Å²) in [6, 6.07) is 4.11. The summed E-state index contributed by atoms with van der Waals surface area (Å²) in [5, 5.41) is 9.68. The largest absolute Gasteiger partial charge is 0.387 e. The number of aryl methyl sites for hydroxylation is 6. The average Bonchev–Trinajstić information content (AvgIpc) is 3.12. The quantitative estimate of drug-likeness (QED) is 0.509. The third-order valence-electron chi connectivity index (χ3n) is 4.92. The molecule has 4 aromatic rings. The molecule has 0 radical (unpaired) electrons. The Morgan fingerprint density at radius 1 is 0.741 bits per heavy atom. The van der Waals surface area contributed by atoms with Crippen LogP contribution >= 0.6 is 0 Å². The van der Waals surface area contributed by atoms with Crippen molar-refractivity contribution in [2.24, 2.45) is 0 Å². The van der Waals surface area contributed by atoms with Gasteiger partial charge in [-0.15, -0.1) is 9.97 Å². The lowest BCUT2D eigenvalue weighted by Crippen LogP contribution is -2.41. The lowest BCUT2D eigenvalue weighted by molar-refractivity contribution is -0.690. The van der Waals surface area contributed by atoms with Gasteiger partial charge in [-0.05, 0) is 51.7 Å². The Kier molecular flexibility index (Phi) is 4.13. The summed E-state index contributed by atoms with van der Waals surface area (Å²) in [6.45, 7) is 14.0.